The summed E-state index contributed by atoms with van der Waals surface area (Å²) in [7, 11) is 0. The van der Waals surface area contributed by atoms with Gasteiger partial charge in [0.25, 0.3) is 5.91 Å². The summed E-state index contributed by atoms with van der Waals surface area (Å²) in [6.07, 6.45) is 7.08. The molecular weight excluding hydrogens is 304 g/mol. The molecular formula is C18H22N4O2. The van der Waals surface area contributed by atoms with Gasteiger partial charge in [-0.05, 0) is 56.9 Å². The second-order valence-corrected chi connectivity index (χ2v) is 6.12. The van der Waals surface area contributed by atoms with Crippen LogP contribution >= 0.6 is 0 Å². The first-order chi connectivity index (χ1) is 11.6. The third kappa shape index (κ3) is 4.01. The average Bonchev–Trinajstić information content (AvgIpc) is 2.59. The van der Waals surface area contributed by atoms with Crippen LogP contribution in [0.15, 0.2) is 36.7 Å². The molecule has 0 unspecified atom stereocenters. The minimum atomic E-state index is -0.102. The van der Waals surface area contributed by atoms with Crippen LogP contribution < -0.4 is 15.8 Å². The predicted octanol–water partition coefficient (Wildman–Crippen LogP) is 2.49. The number of hydrogen-bond acceptors (Lipinski definition) is 5. The lowest BCUT2D eigenvalue weighted by molar-refractivity contribution is 0.0893. The van der Waals surface area contributed by atoms with Gasteiger partial charge in [-0.15, -0.1) is 0 Å². The van der Waals surface area contributed by atoms with Crippen molar-refractivity contribution >= 4 is 11.7 Å². The molecule has 1 saturated carbocycles. The van der Waals surface area contributed by atoms with E-state index in [0.29, 0.717) is 11.4 Å². The van der Waals surface area contributed by atoms with E-state index in [2.05, 4.69) is 15.3 Å². The van der Waals surface area contributed by atoms with Crippen molar-refractivity contribution in [2.45, 2.75) is 44.8 Å². The normalized spacial score (nSPS) is 20.4. The number of ether oxygens (including phenoxy) is 1. The van der Waals surface area contributed by atoms with E-state index in [4.69, 9.17) is 10.5 Å². The smallest absolute Gasteiger partial charge is 0.253 e. The minimum absolute atomic E-state index is 0.102. The van der Waals surface area contributed by atoms with E-state index in [1.807, 2.05) is 19.1 Å². The molecule has 126 valence electrons. The highest BCUT2D eigenvalue weighted by molar-refractivity contribution is 5.94. The van der Waals surface area contributed by atoms with Crippen molar-refractivity contribution in [1.29, 1.82) is 0 Å². The summed E-state index contributed by atoms with van der Waals surface area (Å²) >= 11 is 0. The van der Waals surface area contributed by atoms with Crippen LogP contribution in [0.2, 0.25) is 0 Å². The number of carbonyl (C=O) groups is 1. The topological polar surface area (TPSA) is 90.1 Å². The fourth-order valence-electron chi connectivity index (χ4n) is 2.91. The molecule has 0 atom stereocenters. The van der Waals surface area contributed by atoms with E-state index in [9.17, 15) is 4.79 Å². The summed E-state index contributed by atoms with van der Waals surface area (Å²) in [6.45, 7) is 1.95. The molecule has 6 heteroatoms. The van der Waals surface area contributed by atoms with Gasteiger partial charge in [0.2, 0.25) is 0 Å². The number of hydrogen-bond donors (Lipinski definition) is 2. The fourth-order valence-corrected chi connectivity index (χ4v) is 2.91. The second-order valence-electron chi connectivity index (χ2n) is 6.12. The first-order valence-electron chi connectivity index (χ1n) is 8.22. The molecule has 0 aromatic carbocycles. The van der Waals surface area contributed by atoms with E-state index in [0.717, 1.165) is 37.1 Å². The number of nitrogens with zero attached hydrogens (tertiary/aromatic N) is 2. The van der Waals surface area contributed by atoms with Gasteiger partial charge < -0.3 is 15.8 Å². The minimum Gasteiger partial charge on any atom is -0.489 e. The molecule has 6 nitrogen and oxygen atoms in total. The number of nitrogens with one attached hydrogen (secondary N) is 1. The Morgan fingerprint density at radius 2 is 2.00 bits per heavy atom. The van der Waals surface area contributed by atoms with Gasteiger partial charge in [-0.1, -0.05) is 0 Å². The van der Waals surface area contributed by atoms with Crippen molar-refractivity contribution in [2.75, 3.05) is 5.73 Å². The van der Waals surface area contributed by atoms with Gasteiger partial charge in [-0.25, -0.2) is 4.98 Å². The van der Waals surface area contributed by atoms with Gasteiger partial charge in [-0.3, -0.25) is 9.78 Å². The van der Waals surface area contributed by atoms with Crippen molar-refractivity contribution in [3.8, 4) is 5.75 Å². The molecule has 3 rings (SSSR count). The molecule has 0 radical (unpaired) electrons. The molecule has 2 aromatic rings. The van der Waals surface area contributed by atoms with Crippen molar-refractivity contribution in [3.05, 3.63) is 47.9 Å². The first kappa shape index (κ1) is 16.2. The SMILES string of the molecule is Cc1ncccc1OC1CCC(NC(=O)c2ccc(N)nc2)CC1. The van der Waals surface area contributed by atoms with Gasteiger partial charge in [-0.2, -0.15) is 0 Å². The molecule has 0 aliphatic heterocycles. The number of pyridine rings is 2. The van der Waals surface area contributed by atoms with Gasteiger partial charge in [0.1, 0.15) is 11.6 Å². The van der Waals surface area contributed by atoms with Gasteiger partial charge in [0.05, 0.1) is 17.4 Å². The molecule has 3 N–H and O–H groups in total. The second kappa shape index (κ2) is 7.29. The Morgan fingerprint density at radius 3 is 2.67 bits per heavy atom. The zero-order chi connectivity index (χ0) is 16.9. The molecule has 2 heterocycles. The van der Waals surface area contributed by atoms with E-state index in [-0.39, 0.29) is 18.1 Å². The highest BCUT2D eigenvalue weighted by Crippen LogP contribution is 2.25. The van der Waals surface area contributed by atoms with Crippen molar-refractivity contribution < 1.29 is 9.53 Å². The highest BCUT2D eigenvalue weighted by atomic mass is 16.5. The van der Waals surface area contributed by atoms with Crippen LogP contribution in [-0.4, -0.2) is 28.0 Å². The fraction of sp³-hybridized carbons (Fsp3) is 0.389. The Hall–Kier alpha value is -2.63. The molecule has 1 aliphatic rings. The number of rotatable bonds is 4. The molecule has 1 aliphatic carbocycles. The lowest BCUT2D eigenvalue weighted by Gasteiger charge is -2.29. The largest absolute Gasteiger partial charge is 0.489 e. The quantitative estimate of drug-likeness (QED) is 0.901. The molecule has 1 fully saturated rings. The van der Waals surface area contributed by atoms with Crippen molar-refractivity contribution in [2.24, 2.45) is 0 Å². The predicted molar refractivity (Wildman–Crippen MR) is 91.8 cm³/mol. The van der Waals surface area contributed by atoms with Crippen molar-refractivity contribution in [3.63, 3.8) is 0 Å². The standard InChI is InChI=1S/C18H22N4O2/c1-12-16(3-2-10-20-12)24-15-7-5-14(6-8-15)22-18(23)13-4-9-17(19)21-11-13/h2-4,9-11,14-15H,5-8H2,1H3,(H2,19,21)(H,22,23). The number of carbonyl (C=O) groups excluding carboxylic acids is 1. The van der Waals surface area contributed by atoms with Crippen LogP contribution in [-0.2, 0) is 0 Å². The summed E-state index contributed by atoms with van der Waals surface area (Å²) in [5, 5.41) is 3.06. The Labute approximate surface area is 141 Å². The maximum atomic E-state index is 12.2. The Morgan fingerprint density at radius 1 is 1.21 bits per heavy atom. The summed E-state index contributed by atoms with van der Waals surface area (Å²) < 4.78 is 6.04. The Bertz CT molecular complexity index is 694. The highest BCUT2D eigenvalue weighted by Gasteiger charge is 2.24. The maximum absolute atomic E-state index is 12.2. The van der Waals surface area contributed by atoms with Crippen LogP contribution in [0.1, 0.15) is 41.7 Å². The summed E-state index contributed by atoms with van der Waals surface area (Å²) in [4.78, 5) is 20.4. The molecule has 0 spiro atoms. The van der Waals surface area contributed by atoms with Crippen LogP contribution in [0.5, 0.6) is 5.75 Å². The van der Waals surface area contributed by atoms with Crippen LogP contribution in [0.4, 0.5) is 5.82 Å². The number of aryl methyl sites for hydroxylation is 1. The molecule has 1 amide bonds. The summed E-state index contributed by atoms with van der Waals surface area (Å²) in [6, 6.07) is 7.33. The number of aromatic nitrogens is 2. The van der Waals surface area contributed by atoms with Gasteiger partial charge in [0, 0.05) is 18.4 Å². The molecule has 24 heavy (non-hydrogen) atoms. The lowest BCUT2D eigenvalue weighted by atomic mass is 9.92. The number of amides is 1. The summed E-state index contributed by atoms with van der Waals surface area (Å²) in [5.41, 5.74) is 6.98. The zero-order valence-corrected chi connectivity index (χ0v) is 13.7. The van der Waals surface area contributed by atoms with E-state index in [1.165, 1.54) is 6.20 Å². The van der Waals surface area contributed by atoms with E-state index in [1.54, 1.807) is 18.3 Å². The number of anilines is 1. The van der Waals surface area contributed by atoms with E-state index < -0.39 is 0 Å². The number of nitrogen functional groups attached to an aromatic ring is 1. The first-order valence-corrected chi connectivity index (χ1v) is 8.22. The average molecular weight is 326 g/mol. The Kier molecular flexibility index (Phi) is 4.93. The molecule has 2 aromatic heterocycles. The number of nitrogens with two attached hydrogens (primary N) is 1. The lowest BCUT2D eigenvalue weighted by Crippen LogP contribution is -2.39. The maximum Gasteiger partial charge on any atom is 0.253 e. The van der Waals surface area contributed by atoms with Gasteiger partial charge >= 0.3 is 0 Å². The van der Waals surface area contributed by atoms with Gasteiger partial charge in [0.15, 0.2) is 0 Å². The van der Waals surface area contributed by atoms with Crippen LogP contribution in [0.3, 0.4) is 0 Å². The van der Waals surface area contributed by atoms with E-state index >= 15 is 0 Å². The zero-order valence-electron chi connectivity index (χ0n) is 13.7. The summed E-state index contributed by atoms with van der Waals surface area (Å²) in [5.74, 6) is 1.16. The third-order valence-corrected chi connectivity index (χ3v) is 4.31. The van der Waals surface area contributed by atoms with Crippen LogP contribution in [0, 0.1) is 6.92 Å². The Balaban J connectivity index is 1.49. The van der Waals surface area contributed by atoms with Crippen LogP contribution in [0.25, 0.3) is 0 Å². The molecule has 0 saturated heterocycles. The van der Waals surface area contributed by atoms with Crippen molar-refractivity contribution in [1.82, 2.24) is 15.3 Å². The third-order valence-electron chi connectivity index (χ3n) is 4.31. The molecule has 0 bridgehead atoms. The monoisotopic (exact) mass is 326 g/mol.